The van der Waals surface area contributed by atoms with Crippen LogP contribution in [0.5, 0.6) is 0 Å². The fraction of sp³-hybridized carbons (Fsp3) is 0.588. The van der Waals surface area contributed by atoms with Crippen molar-refractivity contribution >= 4 is 27.5 Å². The summed E-state index contributed by atoms with van der Waals surface area (Å²) in [6.07, 6.45) is 2.38. The molecule has 118 valence electrons. The third-order valence-electron chi connectivity index (χ3n) is 3.93. The molecule has 0 aliphatic rings. The molecule has 1 aromatic rings. The summed E-state index contributed by atoms with van der Waals surface area (Å²) < 4.78 is 0.971. The van der Waals surface area contributed by atoms with E-state index in [9.17, 15) is 4.79 Å². The third-order valence-corrected chi connectivity index (χ3v) is 4.43. The maximum absolute atomic E-state index is 12.2. The predicted octanol–water partition coefficient (Wildman–Crippen LogP) is 4.49. The van der Waals surface area contributed by atoms with Gasteiger partial charge in [-0.15, -0.1) is 0 Å². The van der Waals surface area contributed by atoms with Gasteiger partial charge < -0.3 is 11.1 Å². The van der Waals surface area contributed by atoms with Crippen LogP contribution in [0.2, 0.25) is 0 Å². The average Bonchev–Trinajstić information content (AvgIpc) is 2.37. The first kappa shape index (κ1) is 18.2. The molecule has 1 amide bonds. The van der Waals surface area contributed by atoms with Crippen LogP contribution in [0.4, 0.5) is 5.69 Å². The van der Waals surface area contributed by atoms with Crippen molar-refractivity contribution in [3.05, 3.63) is 28.2 Å². The Morgan fingerprint density at radius 2 is 2.00 bits per heavy atom. The van der Waals surface area contributed by atoms with Crippen molar-refractivity contribution in [2.45, 2.75) is 47.0 Å². The van der Waals surface area contributed by atoms with Crippen molar-refractivity contribution in [3.63, 3.8) is 0 Å². The Hall–Kier alpha value is -0.870. The van der Waals surface area contributed by atoms with Gasteiger partial charge in [0.15, 0.2) is 0 Å². The SMILES string of the molecule is Cc1ccc(Br)cc1NC(=O)CCC(CCN)C(C)(C)C. The number of aryl methyl sites for hydroxylation is 1. The fourth-order valence-corrected chi connectivity index (χ4v) is 2.82. The van der Waals surface area contributed by atoms with Crippen molar-refractivity contribution in [3.8, 4) is 0 Å². The van der Waals surface area contributed by atoms with E-state index in [1.807, 2.05) is 25.1 Å². The Balaban J connectivity index is 2.59. The number of rotatable bonds is 6. The largest absolute Gasteiger partial charge is 0.330 e. The van der Waals surface area contributed by atoms with E-state index < -0.39 is 0 Å². The molecule has 1 aromatic carbocycles. The van der Waals surface area contributed by atoms with Gasteiger partial charge in [-0.3, -0.25) is 4.79 Å². The maximum atomic E-state index is 12.2. The summed E-state index contributed by atoms with van der Waals surface area (Å²) in [7, 11) is 0. The molecular formula is C17H27BrN2O. The Kier molecular flexibility index (Phi) is 6.88. The number of hydrogen-bond acceptors (Lipinski definition) is 2. The van der Waals surface area contributed by atoms with E-state index in [-0.39, 0.29) is 11.3 Å². The van der Waals surface area contributed by atoms with Crippen LogP contribution in [0.25, 0.3) is 0 Å². The quantitative estimate of drug-likeness (QED) is 0.790. The Bertz CT molecular complexity index is 480. The number of carbonyl (C=O) groups is 1. The number of halogens is 1. The molecule has 4 heteroatoms. The van der Waals surface area contributed by atoms with Gasteiger partial charge in [0.05, 0.1) is 0 Å². The van der Waals surface area contributed by atoms with Gasteiger partial charge in [-0.25, -0.2) is 0 Å². The second-order valence-electron chi connectivity index (χ2n) is 6.69. The van der Waals surface area contributed by atoms with Gasteiger partial charge in [0, 0.05) is 16.6 Å². The highest BCUT2D eigenvalue weighted by Gasteiger charge is 2.24. The molecule has 0 spiro atoms. The molecule has 3 N–H and O–H groups in total. The van der Waals surface area contributed by atoms with E-state index >= 15 is 0 Å². The van der Waals surface area contributed by atoms with Gasteiger partial charge in [-0.05, 0) is 55.3 Å². The summed E-state index contributed by atoms with van der Waals surface area (Å²) in [5, 5.41) is 3.00. The van der Waals surface area contributed by atoms with Gasteiger partial charge in [0.2, 0.25) is 5.91 Å². The Morgan fingerprint density at radius 1 is 1.33 bits per heavy atom. The summed E-state index contributed by atoms with van der Waals surface area (Å²) in [5.41, 5.74) is 7.82. The lowest BCUT2D eigenvalue weighted by atomic mass is 9.76. The second-order valence-corrected chi connectivity index (χ2v) is 7.60. The molecule has 0 aliphatic carbocycles. The minimum absolute atomic E-state index is 0.0717. The van der Waals surface area contributed by atoms with Gasteiger partial charge in [0.25, 0.3) is 0 Å². The van der Waals surface area contributed by atoms with E-state index in [0.717, 1.165) is 28.6 Å². The number of nitrogens with two attached hydrogens (primary N) is 1. The zero-order chi connectivity index (χ0) is 16.0. The van der Waals surface area contributed by atoms with Crippen molar-refractivity contribution in [2.75, 3.05) is 11.9 Å². The third kappa shape index (κ3) is 6.18. The minimum Gasteiger partial charge on any atom is -0.330 e. The Labute approximate surface area is 136 Å². The molecule has 0 saturated carbocycles. The lowest BCUT2D eigenvalue weighted by molar-refractivity contribution is -0.116. The molecule has 1 rings (SSSR count). The van der Waals surface area contributed by atoms with Crippen LogP contribution >= 0.6 is 15.9 Å². The lowest BCUT2D eigenvalue weighted by Crippen LogP contribution is -2.25. The van der Waals surface area contributed by atoms with E-state index in [4.69, 9.17) is 5.73 Å². The van der Waals surface area contributed by atoms with Crippen molar-refractivity contribution in [2.24, 2.45) is 17.1 Å². The number of hydrogen-bond donors (Lipinski definition) is 2. The van der Waals surface area contributed by atoms with Crippen LogP contribution in [-0.4, -0.2) is 12.5 Å². The van der Waals surface area contributed by atoms with Gasteiger partial charge in [0.1, 0.15) is 0 Å². The summed E-state index contributed by atoms with van der Waals surface area (Å²) in [6.45, 7) is 9.31. The summed E-state index contributed by atoms with van der Waals surface area (Å²) >= 11 is 3.43. The zero-order valence-electron chi connectivity index (χ0n) is 13.5. The standard InChI is InChI=1S/C17H27BrN2O/c1-12-5-7-14(18)11-15(12)20-16(21)8-6-13(9-10-19)17(2,3)4/h5,7,11,13H,6,8-10,19H2,1-4H3,(H,20,21). The molecule has 0 fully saturated rings. The highest BCUT2D eigenvalue weighted by molar-refractivity contribution is 9.10. The maximum Gasteiger partial charge on any atom is 0.224 e. The van der Waals surface area contributed by atoms with Crippen LogP contribution in [0.3, 0.4) is 0 Å². The topological polar surface area (TPSA) is 55.1 Å². The van der Waals surface area contributed by atoms with Gasteiger partial charge in [-0.2, -0.15) is 0 Å². The smallest absolute Gasteiger partial charge is 0.224 e. The highest BCUT2D eigenvalue weighted by Crippen LogP contribution is 2.32. The minimum atomic E-state index is 0.0717. The number of anilines is 1. The number of amides is 1. The molecule has 0 aliphatic heterocycles. The highest BCUT2D eigenvalue weighted by atomic mass is 79.9. The molecular weight excluding hydrogens is 328 g/mol. The van der Waals surface area contributed by atoms with Gasteiger partial charge in [-0.1, -0.05) is 42.8 Å². The molecule has 0 saturated heterocycles. The first-order valence-corrected chi connectivity index (χ1v) is 8.29. The van der Waals surface area contributed by atoms with Crippen LogP contribution in [0.1, 0.15) is 45.6 Å². The summed E-state index contributed by atoms with van der Waals surface area (Å²) in [6, 6.07) is 5.91. The van der Waals surface area contributed by atoms with Crippen LogP contribution in [-0.2, 0) is 4.79 Å². The average molecular weight is 355 g/mol. The first-order valence-electron chi connectivity index (χ1n) is 7.50. The fourth-order valence-electron chi connectivity index (χ4n) is 2.46. The van der Waals surface area contributed by atoms with Crippen molar-refractivity contribution in [1.29, 1.82) is 0 Å². The van der Waals surface area contributed by atoms with Crippen molar-refractivity contribution in [1.82, 2.24) is 0 Å². The number of carbonyl (C=O) groups excluding carboxylic acids is 1. The van der Waals surface area contributed by atoms with Crippen LogP contribution in [0, 0.1) is 18.3 Å². The molecule has 3 nitrogen and oxygen atoms in total. The van der Waals surface area contributed by atoms with E-state index in [2.05, 4.69) is 42.0 Å². The van der Waals surface area contributed by atoms with Crippen molar-refractivity contribution < 1.29 is 4.79 Å². The number of nitrogens with one attached hydrogen (secondary N) is 1. The molecule has 1 unspecified atom stereocenters. The Morgan fingerprint density at radius 3 is 2.57 bits per heavy atom. The summed E-state index contributed by atoms with van der Waals surface area (Å²) in [4.78, 5) is 12.2. The van der Waals surface area contributed by atoms with E-state index in [0.29, 0.717) is 18.9 Å². The molecule has 1 atom stereocenters. The number of benzene rings is 1. The molecule has 0 bridgehead atoms. The monoisotopic (exact) mass is 354 g/mol. The van der Waals surface area contributed by atoms with Crippen LogP contribution in [0.15, 0.2) is 22.7 Å². The first-order chi connectivity index (χ1) is 9.74. The molecule has 0 heterocycles. The predicted molar refractivity (Wildman–Crippen MR) is 93.4 cm³/mol. The van der Waals surface area contributed by atoms with Crippen LogP contribution < -0.4 is 11.1 Å². The van der Waals surface area contributed by atoms with E-state index in [1.165, 1.54) is 0 Å². The molecule has 0 aromatic heterocycles. The second kappa shape index (κ2) is 7.95. The molecule has 0 radical (unpaired) electrons. The lowest BCUT2D eigenvalue weighted by Gasteiger charge is -2.30. The zero-order valence-corrected chi connectivity index (χ0v) is 15.1. The van der Waals surface area contributed by atoms with E-state index in [1.54, 1.807) is 0 Å². The molecule has 21 heavy (non-hydrogen) atoms. The van der Waals surface area contributed by atoms with Gasteiger partial charge >= 0.3 is 0 Å². The summed E-state index contributed by atoms with van der Waals surface area (Å²) in [5.74, 6) is 0.541. The normalized spacial score (nSPS) is 13.0.